The summed E-state index contributed by atoms with van der Waals surface area (Å²) in [6.45, 7) is 7.99. The average Bonchev–Trinajstić information content (AvgIpc) is 2.89. The number of nitrogens with one attached hydrogen (secondary N) is 1. The number of nitrogens with zero attached hydrogens (tertiary/aromatic N) is 2. The largest absolute Gasteiger partial charge is 0.309 e. The van der Waals surface area contributed by atoms with Gasteiger partial charge in [0.15, 0.2) is 0 Å². The van der Waals surface area contributed by atoms with Crippen LogP contribution >= 0.6 is 0 Å². The van der Waals surface area contributed by atoms with Gasteiger partial charge in [0.1, 0.15) is 6.33 Å². The highest BCUT2D eigenvalue weighted by Crippen LogP contribution is 2.51. The van der Waals surface area contributed by atoms with Crippen molar-refractivity contribution in [2.75, 3.05) is 6.54 Å². The lowest BCUT2D eigenvalue weighted by atomic mass is 9.70. The Morgan fingerprint density at radius 1 is 1.20 bits per heavy atom. The monoisotopic (exact) mass is 275 g/mol. The van der Waals surface area contributed by atoms with Gasteiger partial charge in [-0.15, -0.1) is 0 Å². The molecule has 3 nitrogen and oxygen atoms in total. The molecule has 1 unspecified atom stereocenters. The maximum absolute atomic E-state index is 4.24. The van der Waals surface area contributed by atoms with Gasteiger partial charge in [0.25, 0.3) is 0 Å². The van der Waals surface area contributed by atoms with E-state index in [1.807, 2.05) is 12.4 Å². The summed E-state index contributed by atoms with van der Waals surface area (Å²) in [5, 5.41) is 3.79. The van der Waals surface area contributed by atoms with Crippen molar-refractivity contribution in [3.8, 4) is 0 Å². The number of rotatable bonds is 7. The van der Waals surface area contributed by atoms with Crippen LogP contribution < -0.4 is 5.32 Å². The third-order valence-corrected chi connectivity index (χ3v) is 4.54. The molecule has 1 aromatic rings. The molecule has 0 spiro atoms. The van der Waals surface area contributed by atoms with Crippen molar-refractivity contribution in [2.24, 2.45) is 11.3 Å². The Labute approximate surface area is 123 Å². The summed E-state index contributed by atoms with van der Waals surface area (Å²) < 4.78 is 0. The number of hydrogen-bond acceptors (Lipinski definition) is 3. The third kappa shape index (κ3) is 3.57. The van der Waals surface area contributed by atoms with E-state index < -0.39 is 0 Å². The zero-order valence-corrected chi connectivity index (χ0v) is 13.2. The highest BCUT2D eigenvalue weighted by molar-refractivity contribution is 5.15. The van der Waals surface area contributed by atoms with E-state index in [9.17, 15) is 0 Å². The minimum Gasteiger partial charge on any atom is -0.309 e. The number of aromatic nitrogens is 2. The van der Waals surface area contributed by atoms with E-state index in [4.69, 9.17) is 0 Å². The lowest BCUT2D eigenvalue weighted by molar-refractivity contribution is 0.155. The van der Waals surface area contributed by atoms with Gasteiger partial charge in [0.2, 0.25) is 0 Å². The summed E-state index contributed by atoms with van der Waals surface area (Å²) in [4.78, 5) is 8.49. The molecule has 1 fully saturated rings. The van der Waals surface area contributed by atoms with Gasteiger partial charge in [0, 0.05) is 24.0 Å². The van der Waals surface area contributed by atoms with Crippen LogP contribution in [0, 0.1) is 11.3 Å². The van der Waals surface area contributed by atoms with Crippen LogP contribution in [0.4, 0.5) is 0 Å². The molecule has 3 heteroatoms. The quantitative estimate of drug-likeness (QED) is 0.813. The summed E-state index contributed by atoms with van der Waals surface area (Å²) in [6.07, 6.45) is 13.5. The normalized spacial score (nSPS) is 19.4. The molecule has 1 aliphatic carbocycles. The molecular formula is C17H29N3. The zero-order chi connectivity index (χ0) is 14.4. The van der Waals surface area contributed by atoms with Crippen LogP contribution in [0.15, 0.2) is 18.7 Å². The first-order chi connectivity index (χ1) is 9.68. The van der Waals surface area contributed by atoms with Crippen molar-refractivity contribution in [1.82, 2.24) is 15.3 Å². The molecule has 1 heterocycles. The van der Waals surface area contributed by atoms with Crippen LogP contribution in [0.5, 0.6) is 0 Å². The van der Waals surface area contributed by atoms with Crippen molar-refractivity contribution in [1.29, 1.82) is 0 Å². The fourth-order valence-corrected chi connectivity index (χ4v) is 3.94. The SMILES string of the molecule is CCCNC(c1cncnc1)C1(CC(C)C)CCCC1. The molecule has 1 aliphatic rings. The molecule has 2 rings (SSSR count). The second kappa shape index (κ2) is 7.16. The van der Waals surface area contributed by atoms with E-state index in [-0.39, 0.29) is 0 Å². The summed E-state index contributed by atoms with van der Waals surface area (Å²) >= 11 is 0. The first kappa shape index (κ1) is 15.4. The molecule has 0 amide bonds. The van der Waals surface area contributed by atoms with E-state index in [0.29, 0.717) is 11.5 Å². The van der Waals surface area contributed by atoms with Gasteiger partial charge in [-0.3, -0.25) is 0 Å². The topological polar surface area (TPSA) is 37.8 Å². The van der Waals surface area contributed by atoms with Crippen molar-refractivity contribution in [3.05, 3.63) is 24.3 Å². The second-order valence-electron chi connectivity index (χ2n) is 6.73. The molecule has 0 radical (unpaired) electrons. The Balaban J connectivity index is 2.27. The average molecular weight is 275 g/mol. The maximum Gasteiger partial charge on any atom is 0.115 e. The van der Waals surface area contributed by atoms with E-state index >= 15 is 0 Å². The van der Waals surface area contributed by atoms with Gasteiger partial charge < -0.3 is 5.32 Å². The van der Waals surface area contributed by atoms with Gasteiger partial charge >= 0.3 is 0 Å². The molecule has 1 aromatic heterocycles. The first-order valence-corrected chi connectivity index (χ1v) is 8.16. The van der Waals surface area contributed by atoms with Crippen LogP contribution in [0.3, 0.4) is 0 Å². The van der Waals surface area contributed by atoms with E-state index in [0.717, 1.165) is 12.5 Å². The smallest absolute Gasteiger partial charge is 0.115 e. The number of hydrogen-bond donors (Lipinski definition) is 1. The maximum atomic E-state index is 4.24. The molecule has 1 saturated carbocycles. The van der Waals surface area contributed by atoms with Gasteiger partial charge in [-0.2, -0.15) is 0 Å². The molecule has 1 N–H and O–H groups in total. The minimum absolute atomic E-state index is 0.397. The molecule has 0 bridgehead atoms. The van der Waals surface area contributed by atoms with Crippen molar-refractivity contribution in [3.63, 3.8) is 0 Å². The summed E-state index contributed by atoms with van der Waals surface area (Å²) in [6, 6.07) is 0.411. The molecule has 112 valence electrons. The molecule has 0 saturated heterocycles. The summed E-state index contributed by atoms with van der Waals surface area (Å²) in [7, 11) is 0. The van der Waals surface area contributed by atoms with Crippen molar-refractivity contribution >= 4 is 0 Å². The standard InChI is InChI=1S/C17H29N3/c1-4-9-20-16(15-11-18-13-19-12-15)17(10-14(2)3)7-5-6-8-17/h11-14,16,20H,4-10H2,1-3H3. The fraction of sp³-hybridized carbons (Fsp3) is 0.765. The summed E-state index contributed by atoms with van der Waals surface area (Å²) in [5.41, 5.74) is 1.66. The molecule has 20 heavy (non-hydrogen) atoms. The second-order valence-corrected chi connectivity index (χ2v) is 6.73. The molecular weight excluding hydrogens is 246 g/mol. The molecule has 1 atom stereocenters. The Morgan fingerprint density at radius 2 is 1.85 bits per heavy atom. The van der Waals surface area contributed by atoms with Crippen LogP contribution in [0.25, 0.3) is 0 Å². The van der Waals surface area contributed by atoms with E-state index in [1.54, 1.807) is 6.33 Å². The zero-order valence-electron chi connectivity index (χ0n) is 13.2. The Bertz CT molecular complexity index is 382. The lowest BCUT2D eigenvalue weighted by Gasteiger charge is -2.40. The predicted molar refractivity (Wildman–Crippen MR) is 83.4 cm³/mol. The summed E-state index contributed by atoms with van der Waals surface area (Å²) in [5.74, 6) is 0.739. The highest BCUT2D eigenvalue weighted by Gasteiger charge is 2.42. The van der Waals surface area contributed by atoms with Crippen molar-refractivity contribution < 1.29 is 0 Å². The van der Waals surface area contributed by atoms with Gasteiger partial charge in [0.05, 0.1) is 0 Å². The van der Waals surface area contributed by atoms with E-state index in [1.165, 1.54) is 44.1 Å². The van der Waals surface area contributed by atoms with Gasteiger partial charge in [-0.1, -0.05) is 33.6 Å². The molecule has 0 aliphatic heterocycles. The third-order valence-electron chi connectivity index (χ3n) is 4.54. The lowest BCUT2D eigenvalue weighted by Crippen LogP contribution is -2.38. The fourth-order valence-electron chi connectivity index (χ4n) is 3.94. The predicted octanol–water partition coefficient (Wildman–Crippen LogP) is 4.12. The minimum atomic E-state index is 0.397. The van der Waals surface area contributed by atoms with Gasteiger partial charge in [-0.05, 0) is 43.6 Å². The highest BCUT2D eigenvalue weighted by atomic mass is 14.9. The molecule has 0 aromatic carbocycles. The van der Waals surface area contributed by atoms with Crippen LogP contribution in [-0.2, 0) is 0 Å². The van der Waals surface area contributed by atoms with Crippen LogP contribution in [0.2, 0.25) is 0 Å². The van der Waals surface area contributed by atoms with Crippen LogP contribution in [-0.4, -0.2) is 16.5 Å². The van der Waals surface area contributed by atoms with Crippen molar-refractivity contribution in [2.45, 2.75) is 65.3 Å². The Kier molecular flexibility index (Phi) is 5.53. The first-order valence-electron chi connectivity index (χ1n) is 8.16. The van der Waals surface area contributed by atoms with E-state index in [2.05, 4.69) is 36.1 Å². The Hall–Kier alpha value is -0.960. The van der Waals surface area contributed by atoms with Crippen LogP contribution in [0.1, 0.15) is 70.9 Å². The van der Waals surface area contributed by atoms with Gasteiger partial charge in [-0.25, -0.2) is 9.97 Å². The Morgan fingerprint density at radius 3 is 2.40 bits per heavy atom.